The number of imidazole rings is 1. The summed E-state index contributed by atoms with van der Waals surface area (Å²) in [6.45, 7) is 2.32. The number of aryl methyl sites for hydroxylation is 1. The maximum Gasteiger partial charge on any atom is 0.111 e. The number of hydrogen-bond donors (Lipinski definition) is 0. The van der Waals surface area contributed by atoms with Gasteiger partial charge in [0.05, 0.1) is 12.4 Å². The first-order valence-corrected chi connectivity index (χ1v) is 7.62. The first kappa shape index (κ1) is 17.3. The van der Waals surface area contributed by atoms with Gasteiger partial charge in [0.1, 0.15) is 14.4 Å². The zero-order valence-electron chi connectivity index (χ0n) is 13.6. The summed E-state index contributed by atoms with van der Waals surface area (Å²) in [6.07, 6.45) is 3.38. The van der Waals surface area contributed by atoms with Gasteiger partial charge < -0.3 is 4.57 Å². The molecule has 2 radical (unpaired) electrons. The van der Waals surface area contributed by atoms with Gasteiger partial charge in [-0.1, -0.05) is 60.7 Å². The topological polar surface area (TPSA) is 41.6 Å². The molecule has 0 bridgehead atoms. The number of nitrogens with zero attached hydrogens (tertiary/aromatic N) is 3. The summed E-state index contributed by atoms with van der Waals surface area (Å²) in [4.78, 5) is 3.85. The average Bonchev–Trinajstić information content (AvgIpc) is 3.04. The van der Waals surface area contributed by atoms with E-state index < -0.39 is 0 Å². The fourth-order valence-corrected chi connectivity index (χ4v) is 2.22. The molecule has 0 spiro atoms. The second-order valence-corrected chi connectivity index (χ2v) is 5.13. The molecule has 2 aromatic carbocycles. The van der Waals surface area contributed by atoms with Gasteiger partial charge in [0.15, 0.2) is 0 Å². The highest BCUT2D eigenvalue weighted by atomic mass is 15.0. The highest BCUT2D eigenvalue weighted by molar-refractivity contribution is 6.21. The predicted octanol–water partition coefficient (Wildman–Crippen LogP) is 3.96. The van der Waals surface area contributed by atoms with Crippen molar-refractivity contribution in [2.45, 2.75) is 13.5 Å². The summed E-state index contributed by atoms with van der Waals surface area (Å²) in [5.74, 6) is 1.66. The van der Waals surface area contributed by atoms with Crippen molar-refractivity contribution in [1.82, 2.24) is 9.55 Å². The van der Waals surface area contributed by atoms with E-state index in [4.69, 9.17) is 13.1 Å². The molecule has 0 saturated carbocycles. The zero-order chi connectivity index (χ0) is 17.2. The van der Waals surface area contributed by atoms with Crippen molar-refractivity contribution in [3.63, 3.8) is 0 Å². The van der Waals surface area contributed by atoms with E-state index in [1.807, 2.05) is 49.4 Å². The Kier molecular flexibility index (Phi) is 6.61. The van der Waals surface area contributed by atoms with Crippen LogP contribution in [0.5, 0.6) is 0 Å². The summed E-state index contributed by atoms with van der Waals surface area (Å²) >= 11 is 0. The molecule has 0 aliphatic heterocycles. The van der Waals surface area contributed by atoms with Crippen LogP contribution in [0, 0.1) is 18.3 Å². The Morgan fingerprint density at radius 2 is 1.62 bits per heavy atom. The van der Waals surface area contributed by atoms with Crippen molar-refractivity contribution in [1.29, 1.82) is 5.26 Å². The van der Waals surface area contributed by atoms with E-state index in [0.717, 1.165) is 22.4 Å². The van der Waals surface area contributed by atoms with Crippen molar-refractivity contribution in [2.24, 2.45) is 0 Å². The molecule has 24 heavy (non-hydrogen) atoms. The van der Waals surface area contributed by atoms with Gasteiger partial charge in [-0.15, -0.1) is 5.98 Å². The molecule has 3 aromatic rings. The number of nitriles is 1. The van der Waals surface area contributed by atoms with Gasteiger partial charge in [-0.3, -0.25) is 0 Å². The van der Waals surface area contributed by atoms with Crippen molar-refractivity contribution in [2.75, 3.05) is 0 Å². The van der Waals surface area contributed by atoms with Crippen LogP contribution in [0.15, 0.2) is 79.2 Å². The third-order valence-electron chi connectivity index (χ3n) is 3.50. The SMILES string of the molecule is Cc1cncn1CC#N.[B]C=C(c1ccccc1)c1ccccc1. The van der Waals surface area contributed by atoms with Crippen molar-refractivity contribution in [3.05, 3.63) is 96.0 Å². The molecular formula is C20H18BN3. The van der Waals surface area contributed by atoms with E-state index in [-0.39, 0.29) is 0 Å². The van der Waals surface area contributed by atoms with Crippen molar-refractivity contribution in [3.8, 4) is 6.07 Å². The largest absolute Gasteiger partial charge is 0.321 e. The van der Waals surface area contributed by atoms with E-state index in [1.54, 1.807) is 23.1 Å². The molecule has 1 heterocycles. The molecule has 0 unspecified atom stereocenters. The lowest BCUT2D eigenvalue weighted by atomic mass is 9.92. The third kappa shape index (κ3) is 4.72. The smallest absolute Gasteiger partial charge is 0.111 e. The lowest BCUT2D eigenvalue weighted by molar-refractivity contribution is 0.800. The van der Waals surface area contributed by atoms with Gasteiger partial charge in [-0.05, 0) is 23.6 Å². The fraction of sp³-hybridized carbons (Fsp3) is 0.100. The molecule has 0 atom stereocenters. The molecule has 0 aliphatic carbocycles. The minimum absolute atomic E-state index is 0.395. The second-order valence-electron chi connectivity index (χ2n) is 5.13. The summed E-state index contributed by atoms with van der Waals surface area (Å²) in [7, 11) is 5.67. The molecule has 0 fully saturated rings. The number of hydrogen-bond acceptors (Lipinski definition) is 2. The fourth-order valence-electron chi connectivity index (χ4n) is 2.22. The monoisotopic (exact) mass is 311 g/mol. The molecule has 0 N–H and O–H groups in total. The Labute approximate surface area is 144 Å². The van der Waals surface area contributed by atoms with Gasteiger partial charge in [-0.2, -0.15) is 5.26 Å². The Balaban J connectivity index is 0.000000198. The molecule has 1 aromatic heterocycles. The summed E-state index contributed by atoms with van der Waals surface area (Å²) in [5, 5.41) is 8.26. The quantitative estimate of drug-likeness (QED) is 0.687. The summed E-state index contributed by atoms with van der Waals surface area (Å²) < 4.78 is 1.79. The van der Waals surface area contributed by atoms with Crippen LogP contribution in [0.25, 0.3) is 5.57 Å². The Bertz CT molecular complexity index is 773. The van der Waals surface area contributed by atoms with E-state index >= 15 is 0 Å². The van der Waals surface area contributed by atoms with Gasteiger partial charge in [-0.25, -0.2) is 4.98 Å². The van der Waals surface area contributed by atoms with Crippen LogP contribution in [0.2, 0.25) is 0 Å². The molecule has 116 valence electrons. The second kappa shape index (κ2) is 9.17. The molecule has 3 nitrogen and oxygen atoms in total. The first-order valence-electron chi connectivity index (χ1n) is 7.62. The minimum Gasteiger partial charge on any atom is -0.321 e. The van der Waals surface area contributed by atoms with E-state index in [0.29, 0.717) is 6.54 Å². The van der Waals surface area contributed by atoms with Crippen LogP contribution in [0.4, 0.5) is 0 Å². The molecule has 3 rings (SSSR count). The minimum atomic E-state index is 0.395. The maximum atomic E-state index is 8.26. The number of rotatable bonds is 3. The predicted molar refractivity (Wildman–Crippen MR) is 98.3 cm³/mol. The summed E-state index contributed by atoms with van der Waals surface area (Å²) in [5.41, 5.74) is 4.38. The van der Waals surface area contributed by atoms with Crippen LogP contribution in [-0.2, 0) is 6.54 Å². The molecule has 0 amide bonds. The van der Waals surface area contributed by atoms with E-state index in [2.05, 4.69) is 29.2 Å². The lowest BCUT2D eigenvalue weighted by Crippen LogP contribution is -1.94. The van der Waals surface area contributed by atoms with Crippen LogP contribution in [0.1, 0.15) is 16.8 Å². The number of benzene rings is 2. The normalized spacial score (nSPS) is 9.33. The highest BCUT2D eigenvalue weighted by Crippen LogP contribution is 2.21. The molecule has 4 heteroatoms. The Morgan fingerprint density at radius 3 is 2.00 bits per heavy atom. The van der Waals surface area contributed by atoms with Gasteiger partial charge in [0.2, 0.25) is 0 Å². The Morgan fingerprint density at radius 1 is 1.08 bits per heavy atom. The Hall–Kier alpha value is -3.06. The van der Waals surface area contributed by atoms with Gasteiger partial charge in [0, 0.05) is 11.9 Å². The first-order chi connectivity index (χ1) is 11.8. The van der Waals surface area contributed by atoms with E-state index in [1.165, 1.54) is 0 Å². The van der Waals surface area contributed by atoms with Crippen molar-refractivity contribution < 1.29 is 0 Å². The lowest BCUT2D eigenvalue weighted by Gasteiger charge is -2.07. The van der Waals surface area contributed by atoms with Crippen LogP contribution >= 0.6 is 0 Å². The maximum absolute atomic E-state index is 8.26. The van der Waals surface area contributed by atoms with Gasteiger partial charge >= 0.3 is 0 Å². The van der Waals surface area contributed by atoms with Crippen molar-refractivity contribution >= 4 is 13.4 Å². The third-order valence-corrected chi connectivity index (χ3v) is 3.50. The molecule has 0 aliphatic rings. The molecular weight excluding hydrogens is 293 g/mol. The number of aromatic nitrogens is 2. The van der Waals surface area contributed by atoms with Gasteiger partial charge in [0.25, 0.3) is 0 Å². The highest BCUT2D eigenvalue weighted by Gasteiger charge is 2.01. The van der Waals surface area contributed by atoms with Crippen LogP contribution in [0.3, 0.4) is 0 Å². The van der Waals surface area contributed by atoms with Crippen LogP contribution in [-0.4, -0.2) is 17.4 Å². The molecule has 0 saturated heterocycles. The standard InChI is InChI=1S/C14H11B.C6H7N3/c15-11-14(12-7-3-1-4-8-12)13-9-5-2-6-10-13;1-6-4-8-5-9(6)3-2-7/h1-11H;4-5H,3H2,1H3. The zero-order valence-corrected chi connectivity index (χ0v) is 13.6. The van der Waals surface area contributed by atoms with Crippen LogP contribution < -0.4 is 0 Å². The van der Waals surface area contributed by atoms with E-state index in [9.17, 15) is 0 Å². The summed E-state index contributed by atoms with van der Waals surface area (Å²) in [6, 6.07) is 22.3. The average molecular weight is 311 g/mol.